The van der Waals surface area contributed by atoms with Crippen molar-refractivity contribution in [1.29, 1.82) is 0 Å². The molecule has 2 aliphatic heterocycles. The van der Waals surface area contributed by atoms with Gasteiger partial charge in [0.15, 0.2) is 15.9 Å². The molecule has 3 rings (SSSR count). The minimum Gasteiger partial charge on any atom is -0.449 e. The molecule has 2 fully saturated rings. The van der Waals surface area contributed by atoms with Gasteiger partial charge in [0.05, 0.1) is 21.7 Å². The lowest BCUT2D eigenvalue weighted by Gasteiger charge is -2.16. The Morgan fingerprint density at radius 2 is 1.85 bits per heavy atom. The van der Waals surface area contributed by atoms with Crippen LogP contribution < -0.4 is 5.32 Å². The molecule has 0 spiro atoms. The largest absolute Gasteiger partial charge is 0.449 e. The number of amides is 1. The average Bonchev–Trinajstić information content (AvgIpc) is 3.24. The molecule has 2 aliphatic rings. The van der Waals surface area contributed by atoms with E-state index in [4.69, 9.17) is 4.74 Å². The number of sulfone groups is 1. The molecule has 2 atom stereocenters. The fraction of sp³-hybridized carbons (Fsp3) is 0.529. The van der Waals surface area contributed by atoms with Crippen molar-refractivity contribution in [3.63, 3.8) is 0 Å². The number of ether oxygens (including phenoxy) is 1. The van der Waals surface area contributed by atoms with Crippen LogP contribution in [-0.4, -0.2) is 55.5 Å². The number of hydrogen-bond donors (Lipinski definition) is 1. The molecule has 142 valence electrons. The van der Waals surface area contributed by atoms with Crippen LogP contribution in [0.2, 0.25) is 0 Å². The first-order valence-corrected chi connectivity index (χ1v) is 12.3. The van der Waals surface area contributed by atoms with E-state index in [1.165, 1.54) is 12.5 Å². The molecule has 1 aromatic carbocycles. The summed E-state index contributed by atoms with van der Waals surface area (Å²) in [4.78, 5) is 24.3. The number of rotatable bonds is 5. The summed E-state index contributed by atoms with van der Waals surface area (Å²) < 4.78 is 28.5. The average molecular weight is 416 g/mol. The third-order valence-corrected chi connectivity index (χ3v) is 9.14. The summed E-state index contributed by atoms with van der Waals surface area (Å²) in [5, 5.41) is 2.64. The van der Waals surface area contributed by atoms with Crippen LogP contribution in [0.3, 0.4) is 0 Å². The second kappa shape index (κ2) is 8.22. The van der Waals surface area contributed by atoms with E-state index in [1.807, 2.05) is 35.7 Å². The van der Waals surface area contributed by atoms with Crippen LogP contribution in [-0.2, 0) is 19.4 Å². The fourth-order valence-electron chi connectivity index (χ4n) is 2.84. The summed E-state index contributed by atoms with van der Waals surface area (Å²) in [6, 6.07) is 6.85. The standard InChI is InChI=1S/C17H21NO5S3/c1-11(15(19)18-14-6-9-26(21,22)10-14)23-16(20)12-2-4-13(5-3-12)17-24-7-8-25-17/h2-5,11,14,17H,6-10H2,1H3,(H,18,19)/t11-,14+/m1/s1. The first-order valence-electron chi connectivity index (χ1n) is 8.39. The molecule has 0 aromatic heterocycles. The van der Waals surface area contributed by atoms with Crippen molar-refractivity contribution >= 4 is 45.2 Å². The molecule has 9 heteroatoms. The van der Waals surface area contributed by atoms with Crippen molar-refractivity contribution in [3.05, 3.63) is 35.4 Å². The van der Waals surface area contributed by atoms with Crippen molar-refractivity contribution < 1.29 is 22.7 Å². The summed E-state index contributed by atoms with van der Waals surface area (Å²) in [7, 11) is -3.07. The summed E-state index contributed by atoms with van der Waals surface area (Å²) in [5.74, 6) is 1.25. The van der Waals surface area contributed by atoms with E-state index in [2.05, 4.69) is 5.32 Å². The van der Waals surface area contributed by atoms with Gasteiger partial charge >= 0.3 is 5.97 Å². The number of nitrogens with one attached hydrogen (secondary N) is 1. The van der Waals surface area contributed by atoms with Gasteiger partial charge in [-0.25, -0.2) is 13.2 Å². The number of esters is 1. The summed E-state index contributed by atoms with van der Waals surface area (Å²) in [6.45, 7) is 1.48. The van der Waals surface area contributed by atoms with Gasteiger partial charge in [-0.1, -0.05) is 12.1 Å². The van der Waals surface area contributed by atoms with Crippen LogP contribution in [0, 0.1) is 0 Å². The van der Waals surface area contributed by atoms with Crippen LogP contribution in [0.15, 0.2) is 24.3 Å². The molecule has 2 saturated heterocycles. The van der Waals surface area contributed by atoms with Gasteiger partial charge < -0.3 is 10.1 Å². The van der Waals surface area contributed by atoms with Crippen molar-refractivity contribution in [2.75, 3.05) is 23.0 Å². The molecule has 1 amide bonds. The third kappa shape index (κ3) is 4.95. The van der Waals surface area contributed by atoms with Crippen LogP contribution in [0.1, 0.15) is 33.8 Å². The molecule has 1 N–H and O–H groups in total. The lowest BCUT2D eigenvalue weighted by molar-refractivity contribution is -0.129. The number of thioether (sulfide) groups is 2. The Morgan fingerprint density at radius 3 is 2.42 bits per heavy atom. The molecular formula is C17H21NO5S3. The van der Waals surface area contributed by atoms with Gasteiger partial charge in [-0.2, -0.15) is 0 Å². The zero-order valence-corrected chi connectivity index (χ0v) is 16.8. The minimum atomic E-state index is -3.07. The molecule has 0 saturated carbocycles. The molecule has 0 aliphatic carbocycles. The Hall–Kier alpha value is -1.19. The highest BCUT2D eigenvalue weighted by Gasteiger charge is 2.30. The van der Waals surface area contributed by atoms with Crippen molar-refractivity contribution in [1.82, 2.24) is 5.32 Å². The topological polar surface area (TPSA) is 89.5 Å². The Balaban J connectivity index is 1.52. The smallest absolute Gasteiger partial charge is 0.338 e. The number of hydrogen-bond acceptors (Lipinski definition) is 7. The van der Waals surface area contributed by atoms with Gasteiger partial charge in [0.2, 0.25) is 0 Å². The predicted octanol–water partition coefficient (Wildman–Crippen LogP) is 2.01. The summed E-state index contributed by atoms with van der Waals surface area (Å²) in [6.07, 6.45) is -0.584. The molecule has 2 heterocycles. The van der Waals surface area contributed by atoms with E-state index < -0.39 is 33.9 Å². The van der Waals surface area contributed by atoms with Crippen LogP contribution in [0.4, 0.5) is 0 Å². The molecule has 0 unspecified atom stereocenters. The summed E-state index contributed by atoms with van der Waals surface area (Å²) >= 11 is 3.78. The van der Waals surface area contributed by atoms with E-state index in [9.17, 15) is 18.0 Å². The maximum atomic E-state index is 12.2. The Morgan fingerprint density at radius 1 is 1.19 bits per heavy atom. The maximum Gasteiger partial charge on any atom is 0.338 e. The van der Waals surface area contributed by atoms with Crippen LogP contribution in [0.25, 0.3) is 0 Å². The normalized spacial score (nSPS) is 23.5. The first kappa shape index (κ1) is 19.6. The van der Waals surface area contributed by atoms with E-state index in [1.54, 1.807) is 12.1 Å². The lowest BCUT2D eigenvalue weighted by atomic mass is 10.1. The third-order valence-electron chi connectivity index (χ3n) is 4.27. The molecule has 6 nitrogen and oxygen atoms in total. The molecular weight excluding hydrogens is 394 g/mol. The molecule has 0 bridgehead atoms. The molecule has 1 aromatic rings. The molecule has 0 radical (unpaired) electrons. The van der Waals surface area contributed by atoms with Crippen molar-refractivity contribution in [3.8, 4) is 0 Å². The van der Waals surface area contributed by atoms with Gasteiger partial charge in [-0.15, -0.1) is 23.5 Å². The quantitative estimate of drug-likeness (QED) is 0.736. The molecule has 26 heavy (non-hydrogen) atoms. The Bertz CT molecular complexity index is 772. The van der Waals surface area contributed by atoms with Crippen LogP contribution >= 0.6 is 23.5 Å². The van der Waals surface area contributed by atoms with E-state index in [0.29, 0.717) is 16.6 Å². The number of carbonyl (C=O) groups excluding carboxylic acids is 2. The van der Waals surface area contributed by atoms with E-state index >= 15 is 0 Å². The van der Waals surface area contributed by atoms with Gasteiger partial charge in [-0.05, 0) is 31.0 Å². The fourth-order valence-corrected chi connectivity index (χ4v) is 7.37. The van der Waals surface area contributed by atoms with E-state index in [-0.39, 0.29) is 11.5 Å². The Kier molecular flexibility index (Phi) is 6.19. The van der Waals surface area contributed by atoms with Gasteiger partial charge in [0, 0.05) is 17.5 Å². The lowest BCUT2D eigenvalue weighted by Crippen LogP contribution is -2.42. The minimum absolute atomic E-state index is 0.0575. The van der Waals surface area contributed by atoms with Crippen molar-refractivity contribution in [2.45, 2.75) is 30.1 Å². The highest BCUT2D eigenvalue weighted by Crippen LogP contribution is 2.45. The van der Waals surface area contributed by atoms with Gasteiger partial charge in [-0.3, -0.25) is 4.79 Å². The van der Waals surface area contributed by atoms with Crippen molar-refractivity contribution in [2.24, 2.45) is 0 Å². The van der Waals surface area contributed by atoms with E-state index in [0.717, 1.165) is 11.5 Å². The second-order valence-corrected chi connectivity index (χ2v) is 11.3. The van der Waals surface area contributed by atoms with Crippen LogP contribution in [0.5, 0.6) is 0 Å². The first-order chi connectivity index (χ1) is 12.3. The highest BCUT2D eigenvalue weighted by molar-refractivity contribution is 8.19. The van der Waals surface area contributed by atoms with Gasteiger partial charge in [0.25, 0.3) is 5.91 Å². The zero-order chi connectivity index (χ0) is 18.7. The maximum absolute atomic E-state index is 12.2. The Labute approximate surface area is 161 Å². The zero-order valence-electron chi connectivity index (χ0n) is 14.3. The highest BCUT2D eigenvalue weighted by atomic mass is 32.2. The SMILES string of the molecule is C[C@@H](OC(=O)c1ccc(C2SCCS2)cc1)C(=O)N[C@H]1CCS(=O)(=O)C1. The number of benzene rings is 1. The van der Waals surface area contributed by atoms with Gasteiger partial charge in [0.1, 0.15) is 0 Å². The monoisotopic (exact) mass is 415 g/mol. The predicted molar refractivity (Wildman–Crippen MR) is 104 cm³/mol. The summed E-state index contributed by atoms with van der Waals surface area (Å²) in [5.41, 5.74) is 1.56. The number of carbonyl (C=O) groups is 2. The second-order valence-electron chi connectivity index (χ2n) is 6.35.